The van der Waals surface area contributed by atoms with E-state index in [4.69, 9.17) is 0 Å². The van der Waals surface area contributed by atoms with Gasteiger partial charge in [-0.1, -0.05) is 25.1 Å². The number of nitrogens with zero attached hydrogens (tertiary/aromatic N) is 2. The lowest BCUT2D eigenvalue weighted by molar-refractivity contribution is -0.116. The highest BCUT2D eigenvalue weighted by molar-refractivity contribution is 5.95. The lowest BCUT2D eigenvalue weighted by Crippen LogP contribution is -2.46. The predicted molar refractivity (Wildman–Crippen MR) is 118 cm³/mol. The van der Waals surface area contributed by atoms with Crippen LogP contribution in [0.15, 0.2) is 48.5 Å². The second kappa shape index (κ2) is 10.1. The molecular weight excluding hydrogens is 364 g/mol. The molecule has 1 fully saturated rings. The summed E-state index contributed by atoms with van der Waals surface area (Å²) >= 11 is 0. The molecule has 2 N–H and O–H groups in total. The summed E-state index contributed by atoms with van der Waals surface area (Å²) in [7, 11) is 0. The Bertz CT molecular complexity index is 830. The van der Waals surface area contributed by atoms with Crippen LogP contribution < -0.4 is 15.5 Å². The first-order valence-electron chi connectivity index (χ1n) is 10.3. The summed E-state index contributed by atoms with van der Waals surface area (Å²) in [6.45, 7) is 9.84. The SMILES string of the molecule is CCN1CCN(c2ccc(NC(=O)CCNC(=O)c3ccccc3)c(C)c2)CC1. The Morgan fingerprint density at radius 2 is 1.72 bits per heavy atom. The molecule has 1 aliphatic heterocycles. The van der Waals surface area contributed by atoms with Crippen molar-refractivity contribution >= 4 is 23.2 Å². The van der Waals surface area contributed by atoms with E-state index in [1.165, 1.54) is 5.69 Å². The van der Waals surface area contributed by atoms with Gasteiger partial charge in [-0.15, -0.1) is 0 Å². The zero-order valence-corrected chi connectivity index (χ0v) is 17.3. The average molecular weight is 395 g/mol. The van der Waals surface area contributed by atoms with Crippen molar-refractivity contribution in [3.05, 3.63) is 59.7 Å². The van der Waals surface area contributed by atoms with Crippen LogP contribution in [0.5, 0.6) is 0 Å². The number of nitrogens with one attached hydrogen (secondary N) is 2. The number of benzene rings is 2. The van der Waals surface area contributed by atoms with Crippen molar-refractivity contribution in [1.82, 2.24) is 10.2 Å². The Hall–Kier alpha value is -2.86. The standard InChI is InChI=1S/C23H30N4O2/c1-3-26-13-15-27(16-14-26)20-9-10-21(18(2)17-20)25-22(28)11-12-24-23(29)19-7-5-4-6-8-19/h4-10,17H,3,11-16H2,1-2H3,(H,24,29)(H,25,28). The van der Waals surface area contributed by atoms with Gasteiger partial charge < -0.3 is 20.4 Å². The summed E-state index contributed by atoms with van der Waals surface area (Å²) in [4.78, 5) is 29.1. The minimum atomic E-state index is -0.165. The van der Waals surface area contributed by atoms with Gasteiger partial charge in [-0.3, -0.25) is 9.59 Å². The molecule has 2 aromatic carbocycles. The molecular formula is C23H30N4O2. The van der Waals surface area contributed by atoms with Crippen LogP contribution in [-0.2, 0) is 4.79 Å². The van der Waals surface area contributed by atoms with E-state index in [2.05, 4.69) is 39.5 Å². The van der Waals surface area contributed by atoms with E-state index in [-0.39, 0.29) is 18.2 Å². The van der Waals surface area contributed by atoms with E-state index in [0.717, 1.165) is 44.0 Å². The molecule has 154 valence electrons. The van der Waals surface area contributed by atoms with Crippen LogP contribution in [-0.4, -0.2) is 56.0 Å². The Kier molecular flexibility index (Phi) is 7.25. The number of aryl methyl sites for hydroxylation is 1. The lowest BCUT2D eigenvalue weighted by atomic mass is 10.1. The topological polar surface area (TPSA) is 64.7 Å². The highest BCUT2D eigenvalue weighted by atomic mass is 16.2. The highest BCUT2D eigenvalue weighted by Crippen LogP contribution is 2.24. The molecule has 1 saturated heterocycles. The number of hydrogen-bond donors (Lipinski definition) is 2. The molecule has 1 aliphatic rings. The van der Waals surface area contributed by atoms with Crippen molar-refractivity contribution in [3.8, 4) is 0 Å². The molecule has 0 unspecified atom stereocenters. The fraction of sp³-hybridized carbons (Fsp3) is 0.391. The molecule has 0 aliphatic carbocycles. The number of piperazine rings is 1. The van der Waals surface area contributed by atoms with Gasteiger partial charge in [0.15, 0.2) is 0 Å². The van der Waals surface area contributed by atoms with Gasteiger partial charge in [0.1, 0.15) is 0 Å². The monoisotopic (exact) mass is 394 g/mol. The molecule has 0 saturated carbocycles. The van der Waals surface area contributed by atoms with Crippen LogP contribution in [0.25, 0.3) is 0 Å². The number of hydrogen-bond acceptors (Lipinski definition) is 4. The first kappa shape index (κ1) is 20.9. The molecule has 0 aromatic heterocycles. The number of amides is 2. The van der Waals surface area contributed by atoms with Crippen LogP contribution in [0.3, 0.4) is 0 Å². The summed E-state index contributed by atoms with van der Waals surface area (Å²) in [5.41, 5.74) is 3.66. The number of anilines is 2. The Morgan fingerprint density at radius 3 is 2.38 bits per heavy atom. The Labute approximate surface area is 172 Å². The molecule has 2 amide bonds. The van der Waals surface area contributed by atoms with Crippen molar-refractivity contribution in [2.24, 2.45) is 0 Å². The van der Waals surface area contributed by atoms with Crippen molar-refractivity contribution in [3.63, 3.8) is 0 Å². The largest absolute Gasteiger partial charge is 0.369 e. The molecule has 0 atom stereocenters. The van der Waals surface area contributed by atoms with Crippen LogP contribution in [0.1, 0.15) is 29.3 Å². The maximum absolute atomic E-state index is 12.3. The fourth-order valence-electron chi connectivity index (χ4n) is 3.50. The number of carbonyl (C=O) groups is 2. The van der Waals surface area contributed by atoms with Gasteiger partial charge in [0, 0.05) is 56.1 Å². The second-order valence-electron chi connectivity index (χ2n) is 7.34. The van der Waals surface area contributed by atoms with E-state index >= 15 is 0 Å². The normalized spacial score (nSPS) is 14.5. The summed E-state index contributed by atoms with van der Waals surface area (Å²) < 4.78 is 0. The van der Waals surface area contributed by atoms with Crippen LogP contribution >= 0.6 is 0 Å². The quantitative estimate of drug-likeness (QED) is 0.758. The Morgan fingerprint density at radius 1 is 1.00 bits per heavy atom. The summed E-state index contributed by atoms with van der Waals surface area (Å²) in [5, 5.41) is 5.73. The molecule has 3 rings (SSSR count). The molecule has 0 spiro atoms. The highest BCUT2D eigenvalue weighted by Gasteiger charge is 2.16. The fourth-order valence-corrected chi connectivity index (χ4v) is 3.50. The maximum atomic E-state index is 12.3. The number of carbonyl (C=O) groups excluding carboxylic acids is 2. The lowest BCUT2D eigenvalue weighted by Gasteiger charge is -2.35. The van der Waals surface area contributed by atoms with Gasteiger partial charge >= 0.3 is 0 Å². The molecule has 0 bridgehead atoms. The van der Waals surface area contributed by atoms with E-state index < -0.39 is 0 Å². The minimum Gasteiger partial charge on any atom is -0.369 e. The third-order valence-corrected chi connectivity index (χ3v) is 5.34. The summed E-state index contributed by atoms with van der Waals surface area (Å²) in [6.07, 6.45) is 0.235. The van der Waals surface area contributed by atoms with Crippen LogP contribution in [0, 0.1) is 6.92 Å². The summed E-state index contributed by atoms with van der Waals surface area (Å²) in [5.74, 6) is -0.270. The van der Waals surface area contributed by atoms with E-state index in [1.807, 2.05) is 31.2 Å². The van der Waals surface area contributed by atoms with Gasteiger partial charge in [0.2, 0.25) is 5.91 Å². The van der Waals surface area contributed by atoms with Crippen molar-refractivity contribution in [2.75, 3.05) is 49.5 Å². The molecule has 2 aromatic rings. The average Bonchev–Trinajstić information content (AvgIpc) is 2.75. The Balaban J connectivity index is 1.47. The molecule has 6 nitrogen and oxygen atoms in total. The molecule has 6 heteroatoms. The minimum absolute atomic E-state index is 0.106. The van der Waals surface area contributed by atoms with E-state index in [0.29, 0.717) is 12.1 Å². The number of likely N-dealkylation sites (N-methyl/N-ethyl adjacent to an activating group) is 1. The molecule has 1 heterocycles. The van der Waals surface area contributed by atoms with Crippen molar-refractivity contribution < 1.29 is 9.59 Å². The smallest absolute Gasteiger partial charge is 0.251 e. The summed E-state index contributed by atoms with van der Waals surface area (Å²) in [6, 6.07) is 15.2. The van der Waals surface area contributed by atoms with Gasteiger partial charge in [0.05, 0.1) is 0 Å². The maximum Gasteiger partial charge on any atom is 0.251 e. The van der Waals surface area contributed by atoms with E-state index in [9.17, 15) is 9.59 Å². The second-order valence-corrected chi connectivity index (χ2v) is 7.34. The van der Waals surface area contributed by atoms with Crippen LogP contribution in [0.2, 0.25) is 0 Å². The van der Waals surface area contributed by atoms with Gasteiger partial charge in [-0.2, -0.15) is 0 Å². The van der Waals surface area contributed by atoms with Gasteiger partial charge in [-0.05, 0) is 49.4 Å². The molecule has 29 heavy (non-hydrogen) atoms. The third-order valence-electron chi connectivity index (χ3n) is 5.34. The van der Waals surface area contributed by atoms with Gasteiger partial charge in [0.25, 0.3) is 5.91 Å². The van der Waals surface area contributed by atoms with E-state index in [1.54, 1.807) is 12.1 Å². The van der Waals surface area contributed by atoms with Gasteiger partial charge in [-0.25, -0.2) is 0 Å². The third kappa shape index (κ3) is 5.81. The molecule has 0 radical (unpaired) electrons. The van der Waals surface area contributed by atoms with Crippen molar-refractivity contribution in [1.29, 1.82) is 0 Å². The predicted octanol–water partition coefficient (Wildman–Crippen LogP) is 2.90. The zero-order chi connectivity index (χ0) is 20.6. The number of rotatable bonds is 7. The first-order chi connectivity index (χ1) is 14.1. The first-order valence-corrected chi connectivity index (χ1v) is 10.3. The van der Waals surface area contributed by atoms with Crippen LogP contribution in [0.4, 0.5) is 11.4 Å². The zero-order valence-electron chi connectivity index (χ0n) is 17.3. The van der Waals surface area contributed by atoms with Crippen molar-refractivity contribution in [2.45, 2.75) is 20.3 Å².